The Hall–Kier alpha value is -1.02. The number of nitrogens with zero attached hydrogens (tertiary/aromatic N) is 1. The lowest BCUT2D eigenvalue weighted by atomic mass is 9.63. The fourth-order valence-corrected chi connectivity index (χ4v) is 2.86. The van der Waals surface area contributed by atoms with E-state index in [2.05, 4.69) is 0 Å². The van der Waals surface area contributed by atoms with Gasteiger partial charge in [0.05, 0.1) is 5.41 Å². The number of halogens is 1. The van der Waals surface area contributed by atoms with Gasteiger partial charge in [-0.05, 0) is 44.4 Å². The monoisotopic (exact) mass is 265 g/mol. The molecular weight excluding hydrogens is 246 g/mol. The number of hydrogen-bond donors (Lipinski definition) is 0. The van der Waals surface area contributed by atoms with Crippen LogP contribution < -0.4 is 0 Å². The third-order valence-corrected chi connectivity index (χ3v) is 4.32. The molecule has 0 unspecified atom stereocenters. The number of rotatable bonds is 4. The number of amides is 1. The Kier molecular flexibility index (Phi) is 3.96. The van der Waals surface area contributed by atoms with Crippen molar-refractivity contribution >= 4 is 17.5 Å². The smallest absolute Gasteiger partial charge is 0.233 e. The molecule has 0 spiro atoms. The lowest BCUT2D eigenvalue weighted by Gasteiger charge is -2.43. The van der Waals surface area contributed by atoms with Gasteiger partial charge in [-0.2, -0.15) is 0 Å². The van der Waals surface area contributed by atoms with Crippen LogP contribution in [0, 0.1) is 0 Å². The summed E-state index contributed by atoms with van der Waals surface area (Å²) in [4.78, 5) is 14.6. The van der Waals surface area contributed by atoms with Crippen molar-refractivity contribution in [2.45, 2.75) is 38.5 Å². The molecule has 2 nitrogen and oxygen atoms in total. The molecule has 2 rings (SSSR count). The minimum Gasteiger partial charge on any atom is -0.342 e. The van der Waals surface area contributed by atoms with Gasteiger partial charge in [0, 0.05) is 18.1 Å². The number of likely N-dealkylation sites (N-methyl/N-ethyl adjacent to an activating group) is 1. The summed E-state index contributed by atoms with van der Waals surface area (Å²) in [5.41, 5.74) is 0.839. The van der Waals surface area contributed by atoms with Gasteiger partial charge in [-0.3, -0.25) is 4.79 Å². The predicted octanol–water partition coefficient (Wildman–Crippen LogP) is 3.63. The molecular formula is C15H20ClNO. The summed E-state index contributed by atoms with van der Waals surface area (Å²) in [5, 5.41) is 0.725. The van der Waals surface area contributed by atoms with Gasteiger partial charge in [0.15, 0.2) is 0 Å². The number of carbonyl (C=O) groups is 1. The van der Waals surface area contributed by atoms with Gasteiger partial charge in [-0.25, -0.2) is 0 Å². The van der Waals surface area contributed by atoms with Crippen molar-refractivity contribution in [2.75, 3.05) is 13.1 Å². The minimum absolute atomic E-state index is 0.279. The molecule has 1 aromatic rings. The van der Waals surface area contributed by atoms with E-state index in [4.69, 9.17) is 11.6 Å². The molecule has 0 aromatic heterocycles. The van der Waals surface area contributed by atoms with Gasteiger partial charge in [0.25, 0.3) is 0 Å². The molecule has 1 aliphatic carbocycles. The van der Waals surface area contributed by atoms with Crippen molar-refractivity contribution in [2.24, 2.45) is 0 Å². The van der Waals surface area contributed by atoms with Crippen LogP contribution in [-0.2, 0) is 10.2 Å². The van der Waals surface area contributed by atoms with E-state index in [9.17, 15) is 4.79 Å². The van der Waals surface area contributed by atoms with Gasteiger partial charge in [-0.1, -0.05) is 30.2 Å². The summed E-state index contributed by atoms with van der Waals surface area (Å²) in [5.74, 6) is 0.279. The maximum atomic E-state index is 12.7. The molecule has 1 aliphatic rings. The first-order valence-electron chi connectivity index (χ1n) is 6.69. The van der Waals surface area contributed by atoms with Crippen LogP contribution in [0.5, 0.6) is 0 Å². The highest BCUT2D eigenvalue weighted by atomic mass is 35.5. The fraction of sp³-hybridized carbons (Fsp3) is 0.533. The molecule has 0 bridgehead atoms. The van der Waals surface area contributed by atoms with Crippen molar-refractivity contribution in [3.8, 4) is 0 Å². The van der Waals surface area contributed by atoms with Crippen LogP contribution >= 0.6 is 11.6 Å². The number of benzene rings is 1. The lowest BCUT2D eigenvalue weighted by Crippen LogP contribution is -2.50. The molecule has 18 heavy (non-hydrogen) atoms. The maximum Gasteiger partial charge on any atom is 0.233 e. The van der Waals surface area contributed by atoms with Crippen LogP contribution in [0.3, 0.4) is 0 Å². The van der Waals surface area contributed by atoms with Crippen LogP contribution in [0.15, 0.2) is 24.3 Å². The quantitative estimate of drug-likeness (QED) is 0.814. The fourth-order valence-electron chi connectivity index (χ4n) is 2.74. The van der Waals surface area contributed by atoms with Crippen molar-refractivity contribution in [3.63, 3.8) is 0 Å². The van der Waals surface area contributed by atoms with E-state index in [0.29, 0.717) is 0 Å². The highest BCUT2D eigenvalue weighted by Gasteiger charge is 2.47. The van der Waals surface area contributed by atoms with Crippen molar-refractivity contribution in [1.82, 2.24) is 4.90 Å². The number of hydrogen-bond acceptors (Lipinski definition) is 1. The van der Waals surface area contributed by atoms with Gasteiger partial charge in [-0.15, -0.1) is 0 Å². The summed E-state index contributed by atoms with van der Waals surface area (Å²) < 4.78 is 0. The second kappa shape index (κ2) is 5.31. The molecule has 0 saturated heterocycles. The van der Waals surface area contributed by atoms with Crippen LogP contribution in [0.2, 0.25) is 5.02 Å². The van der Waals surface area contributed by atoms with E-state index in [0.717, 1.165) is 42.9 Å². The molecule has 1 aromatic carbocycles. The summed E-state index contributed by atoms with van der Waals surface area (Å²) in [6, 6.07) is 7.77. The molecule has 98 valence electrons. The zero-order chi connectivity index (χ0) is 13.2. The highest BCUT2D eigenvalue weighted by molar-refractivity contribution is 6.30. The summed E-state index contributed by atoms with van der Waals surface area (Å²) in [6.45, 7) is 5.64. The molecule has 1 saturated carbocycles. The van der Waals surface area contributed by atoms with E-state index in [1.807, 2.05) is 43.0 Å². The second-order valence-corrected chi connectivity index (χ2v) is 5.36. The molecule has 0 heterocycles. The van der Waals surface area contributed by atoms with Crippen LogP contribution in [-0.4, -0.2) is 23.9 Å². The Bertz CT molecular complexity index is 419. The third-order valence-electron chi connectivity index (χ3n) is 4.06. The zero-order valence-electron chi connectivity index (χ0n) is 11.1. The van der Waals surface area contributed by atoms with Crippen molar-refractivity contribution in [1.29, 1.82) is 0 Å². The Balaban J connectivity index is 2.30. The summed E-state index contributed by atoms with van der Waals surface area (Å²) in [6.07, 6.45) is 3.06. The van der Waals surface area contributed by atoms with Crippen LogP contribution in [0.1, 0.15) is 38.7 Å². The molecule has 1 amide bonds. The third kappa shape index (κ3) is 2.14. The highest BCUT2D eigenvalue weighted by Crippen LogP contribution is 2.45. The first-order chi connectivity index (χ1) is 8.64. The van der Waals surface area contributed by atoms with Crippen molar-refractivity contribution < 1.29 is 4.79 Å². The Morgan fingerprint density at radius 3 is 2.17 bits per heavy atom. The lowest BCUT2D eigenvalue weighted by molar-refractivity contribution is -0.140. The van der Waals surface area contributed by atoms with Crippen molar-refractivity contribution in [3.05, 3.63) is 34.9 Å². The van der Waals surface area contributed by atoms with E-state index < -0.39 is 0 Å². The standard InChI is InChI=1S/C15H20ClNO/c1-3-17(4-2)14(18)15(10-5-11-15)12-6-8-13(16)9-7-12/h6-9H,3-5,10-11H2,1-2H3. The van der Waals surface area contributed by atoms with Crippen LogP contribution in [0.25, 0.3) is 0 Å². The Morgan fingerprint density at radius 2 is 1.78 bits per heavy atom. The molecule has 0 atom stereocenters. The average molecular weight is 266 g/mol. The van der Waals surface area contributed by atoms with Gasteiger partial charge in [0.2, 0.25) is 5.91 Å². The Morgan fingerprint density at radius 1 is 1.22 bits per heavy atom. The molecule has 0 N–H and O–H groups in total. The van der Waals surface area contributed by atoms with E-state index >= 15 is 0 Å². The Labute approximate surface area is 114 Å². The van der Waals surface area contributed by atoms with Crippen LogP contribution in [0.4, 0.5) is 0 Å². The largest absolute Gasteiger partial charge is 0.342 e. The minimum atomic E-state index is -0.281. The van der Waals surface area contributed by atoms with Gasteiger partial charge >= 0.3 is 0 Å². The average Bonchev–Trinajstić information content (AvgIpc) is 2.32. The summed E-state index contributed by atoms with van der Waals surface area (Å²) >= 11 is 5.92. The van der Waals surface area contributed by atoms with E-state index in [-0.39, 0.29) is 11.3 Å². The predicted molar refractivity (Wildman–Crippen MR) is 74.9 cm³/mol. The normalized spacial score (nSPS) is 17.1. The molecule has 1 fully saturated rings. The van der Waals surface area contributed by atoms with Gasteiger partial charge in [0.1, 0.15) is 0 Å². The zero-order valence-corrected chi connectivity index (χ0v) is 11.8. The SMILES string of the molecule is CCN(CC)C(=O)C1(c2ccc(Cl)cc2)CCC1. The molecule has 0 aliphatic heterocycles. The van der Waals surface area contributed by atoms with E-state index in [1.54, 1.807) is 0 Å². The summed E-state index contributed by atoms with van der Waals surface area (Å²) in [7, 11) is 0. The molecule has 3 heteroatoms. The first-order valence-corrected chi connectivity index (χ1v) is 7.07. The number of carbonyl (C=O) groups excluding carboxylic acids is 1. The van der Waals surface area contributed by atoms with Gasteiger partial charge < -0.3 is 4.90 Å². The topological polar surface area (TPSA) is 20.3 Å². The second-order valence-electron chi connectivity index (χ2n) is 4.92. The molecule has 0 radical (unpaired) electrons. The first kappa shape index (κ1) is 13.4. The maximum absolute atomic E-state index is 12.7. The van der Waals surface area contributed by atoms with E-state index in [1.165, 1.54) is 0 Å².